The molecule has 160 valence electrons. The smallest absolute Gasteiger partial charge is 0.147 e. The molecule has 0 aliphatic carbocycles. The fourth-order valence-corrected chi connectivity index (χ4v) is 3.96. The first kappa shape index (κ1) is 21.3. The van der Waals surface area contributed by atoms with E-state index in [0.717, 1.165) is 42.0 Å². The molecule has 0 amide bonds. The van der Waals surface area contributed by atoms with Gasteiger partial charge in [-0.15, -0.1) is 0 Å². The molecule has 3 aromatic carbocycles. The van der Waals surface area contributed by atoms with E-state index in [1.807, 2.05) is 42.5 Å². The van der Waals surface area contributed by atoms with Gasteiger partial charge in [0, 0.05) is 6.54 Å². The molecule has 0 bridgehead atoms. The first-order valence-electron chi connectivity index (χ1n) is 10.6. The number of rotatable bonds is 9. The quantitative estimate of drug-likeness (QED) is 0.273. The van der Waals surface area contributed by atoms with Crippen LogP contribution in [0.15, 0.2) is 66.7 Å². The summed E-state index contributed by atoms with van der Waals surface area (Å²) in [6.07, 6.45) is 1.95. The molecule has 4 nitrogen and oxygen atoms in total. The predicted octanol–water partition coefficient (Wildman–Crippen LogP) is 6.74. The van der Waals surface area contributed by atoms with Crippen molar-refractivity contribution in [1.82, 2.24) is 9.55 Å². The van der Waals surface area contributed by atoms with Crippen LogP contribution in [0.3, 0.4) is 0 Å². The summed E-state index contributed by atoms with van der Waals surface area (Å²) in [5.74, 6) is 2.51. The third kappa shape index (κ3) is 5.39. The van der Waals surface area contributed by atoms with Crippen molar-refractivity contribution in [2.24, 2.45) is 0 Å². The maximum absolute atomic E-state index is 6.23. The van der Waals surface area contributed by atoms with Crippen molar-refractivity contribution in [1.29, 1.82) is 0 Å². The second kappa shape index (κ2) is 9.88. The fraction of sp³-hybridized carbons (Fsp3) is 0.269. The van der Waals surface area contributed by atoms with Gasteiger partial charge in [-0.3, -0.25) is 0 Å². The van der Waals surface area contributed by atoms with Crippen molar-refractivity contribution in [3.8, 4) is 11.5 Å². The predicted molar refractivity (Wildman–Crippen MR) is 126 cm³/mol. The summed E-state index contributed by atoms with van der Waals surface area (Å²) in [5.41, 5.74) is 4.55. The number of para-hydroxylation sites is 3. The lowest BCUT2D eigenvalue weighted by Crippen LogP contribution is -2.09. The number of ether oxygens (including phenoxy) is 2. The van der Waals surface area contributed by atoms with Crippen LogP contribution >= 0.6 is 11.6 Å². The average molecular weight is 435 g/mol. The zero-order chi connectivity index (χ0) is 21.6. The van der Waals surface area contributed by atoms with E-state index in [2.05, 4.69) is 42.7 Å². The Morgan fingerprint density at radius 1 is 0.871 bits per heavy atom. The van der Waals surface area contributed by atoms with Crippen molar-refractivity contribution in [3.05, 3.63) is 88.7 Å². The van der Waals surface area contributed by atoms with Crippen molar-refractivity contribution < 1.29 is 9.47 Å². The molecule has 0 spiro atoms. The number of hydrogen-bond acceptors (Lipinski definition) is 3. The van der Waals surface area contributed by atoms with Gasteiger partial charge in [0.2, 0.25) is 0 Å². The summed E-state index contributed by atoms with van der Waals surface area (Å²) in [6.45, 7) is 6.11. The molecule has 0 saturated heterocycles. The average Bonchev–Trinajstić information content (AvgIpc) is 3.10. The molecule has 0 atom stereocenters. The summed E-state index contributed by atoms with van der Waals surface area (Å²) in [5, 5.41) is 0.605. The summed E-state index contributed by atoms with van der Waals surface area (Å²) < 4.78 is 14.2. The first-order chi connectivity index (χ1) is 15.1. The molecule has 0 aliphatic rings. The lowest BCUT2D eigenvalue weighted by Gasteiger charge is -2.12. The zero-order valence-corrected chi connectivity index (χ0v) is 18.7. The van der Waals surface area contributed by atoms with E-state index in [-0.39, 0.29) is 0 Å². The molecule has 0 fully saturated rings. The van der Waals surface area contributed by atoms with Gasteiger partial charge >= 0.3 is 0 Å². The van der Waals surface area contributed by atoms with Gasteiger partial charge in [0.15, 0.2) is 0 Å². The Morgan fingerprint density at radius 3 is 2.42 bits per heavy atom. The number of halogens is 1. The van der Waals surface area contributed by atoms with Crippen LogP contribution in [0.4, 0.5) is 0 Å². The second-order valence-electron chi connectivity index (χ2n) is 7.77. The molecule has 4 rings (SSSR count). The second-order valence-corrected chi connectivity index (χ2v) is 8.17. The molecule has 4 aromatic rings. The number of benzene rings is 3. The van der Waals surface area contributed by atoms with Crippen LogP contribution in [0.25, 0.3) is 11.0 Å². The third-order valence-electron chi connectivity index (χ3n) is 5.17. The largest absolute Gasteiger partial charge is 0.494 e. The molecule has 1 heterocycles. The van der Waals surface area contributed by atoms with E-state index in [9.17, 15) is 0 Å². The van der Waals surface area contributed by atoms with Crippen LogP contribution < -0.4 is 9.47 Å². The van der Waals surface area contributed by atoms with Gasteiger partial charge < -0.3 is 14.0 Å². The number of aromatic nitrogens is 2. The Balaban J connectivity index is 1.39. The fourth-order valence-electron chi connectivity index (χ4n) is 3.77. The summed E-state index contributed by atoms with van der Waals surface area (Å²) in [4.78, 5) is 4.79. The molecule has 5 heteroatoms. The van der Waals surface area contributed by atoms with Gasteiger partial charge in [-0.05, 0) is 74.2 Å². The maximum Gasteiger partial charge on any atom is 0.147 e. The lowest BCUT2D eigenvalue weighted by molar-refractivity contribution is 0.285. The van der Waals surface area contributed by atoms with Gasteiger partial charge in [-0.2, -0.15) is 0 Å². The van der Waals surface area contributed by atoms with Crippen molar-refractivity contribution in [2.45, 2.75) is 39.8 Å². The number of unbranched alkanes of at least 4 members (excludes halogenated alkanes) is 1. The van der Waals surface area contributed by atoms with Gasteiger partial charge in [0.05, 0.1) is 22.7 Å². The Kier molecular flexibility index (Phi) is 6.78. The molecular weight excluding hydrogens is 408 g/mol. The minimum atomic E-state index is 0.373. The van der Waals surface area contributed by atoms with Crippen molar-refractivity contribution in [3.63, 3.8) is 0 Å². The summed E-state index contributed by atoms with van der Waals surface area (Å²) >= 11 is 6.23. The summed E-state index contributed by atoms with van der Waals surface area (Å²) in [7, 11) is 0. The maximum atomic E-state index is 6.23. The number of nitrogens with zero attached hydrogens (tertiary/aromatic N) is 2. The van der Waals surface area contributed by atoms with Crippen LogP contribution in [-0.4, -0.2) is 16.2 Å². The van der Waals surface area contributed by atoms with E-state index < -0.39 is 0 Å². The monoisotopic (exact) mass is 434 g/mol. The first-order valence-corrected chi connectivity index (χ1v) is 11.0. The minimum Gasteiger partial charge on any atom is -0.494 e. The highest BCUT2D eigenvalue weighted by Gasteiger charge is 2.12. The summed E-state index contributed by atoms with van der Waals surface area (Å²) in [6, 6.07) is 22.0. The van der Waals surface area contributed by atoms with Crippen LogP contribution in [-0.2, 0) is 13.2 Å². The van der Waals surface area contributed by atoms with Gasteiger partial charge in [-0.25, -0.2) is 4.98 Å². The standard InChI is InChI=1S/C26H27ClN2O2/c1-19-15-20(2)17-21(16-19)30-14-8-7-13-29-24-11-5-4-10-23(24)28-26(29)18-31-25-12-6-3-9-22(25)27/h3-6,9-12,15-17H,7-8,13-14,18H2,1-2H3. The van der Waals surface area contributed by atoms with Gasteiger partial charge in [0.1, 0.15) is 23.9 Å². The Morgan fingerprint density at radius 2 is 1.61 bits per heavy atom. The number of aryl methyl sites for hydroxylation is 3. The lowest BCUT2D eigenvalue weighted by atomic mass is 10.1. The van der Waals surface area contributed by atoms with Crippen LogP contribution in [0.5, 0.6) is 11.5 Å². The molecule has 31 heavy (non-hydrogen) atoms. The molecule has 1 aromatic heterocycles. The highest BCUT2D eigenvalue weighted by molar-refractivity contribution is 6.32. The van der Waals surface area contributed by atoms with Crippen molar-refractivity contribution >= 4 is 22.6 Å². The van der Waals surface area contributed by atoms with E-state index in [1.165, 1.54) is 11.1 Å². The molecule has 0 N–H and O–H groups in total. The van der Waals surface area contributed by atoms with Crippen LogP contribution in [0, 0.1) is 13.8 Å². The molecule has 0 saturated carbocycles. The van der Waals surface area contributed by atoms with Gasteiger partial charge in [0.25, 0.3) is 0 Å². The molecular formula is C26H27ClN2O2. The zero-order valence-electron chi connectivity index (χ0n) is 18.0. The van der Waals surface area contributed by atoms with E-state index >= 15 is 0 Å². The Bertz CT molecular complexity index is 1150. The minimum absolute atomic E-state index is 0.373. The Labute approximate surface area is 188 Å². The molecule has 0 radical (unpaired) electrons. The highest BCUT2D eigenvalue weighted by atomic mass is 35.5. The Hall–Kier alpha value is -2.98. The number of hydrogen-bond donors (Lipinski definition) is 0. The normalized spacial score (nSPS) is 11.1. The highest BCUT2D eigenvalue weighted by Crippen LogP contribution is 2.25. The third-order valence-corrected chi connectivity index (χ3v) is 5.48. The van der Waals surface area contributed by atoms with Gasteiger partial charge in [-0.1, -0.05) is 41.9 Å². The number of imidazole rings is 1. The van der Waals surface area contributed by atoms with Crippen molar-refractivity contribution in [2.75, 3.05) is 6.61 Å². The topological polar surface area (TPSA) is 36.3 Å². The van der Waals surface area contributed by atoms with E-state index in [1.54, 1.807) is 0 Å². The molecule has 0 unspecified atom stereocenters. The van der Waals surface area contributed by atoms with E-state index in [4.69, 9.17) is 26.1 Å². The van der Waals surface area contributed by atoms with Crippen LogP contribution in [0.2, 0.25) is 5.02 Å². The van der Waals surface area contributed by atoms with Crippen LogP contribution in [0.1, 0.15) is 29.8 Å². The molecule has 0 aliphatic heterocycles. The van der Waals surface area contributed by atoms with E-state index in [0.29, 0.717) is 24.0 Å². The SMILES string of the molecule is Cc1cc(C)cc(OCCCCn2c(COc3ccccc3Cl)nc3ccccc32)c1. The number of fused-ring (bicyclic) bond motifs is 1.